The molecule has 120 valence electrons. The van der Waals surface area contributed by atoms with Crippen LogP contribution in [-0.4, -0.2) is 19.1 Å². The fraction of sp³-hybridized carbons (Fsp3) is 0.765. The molecule has 0 rings (SSSR count). The van der Waals surface area contributed by atoms with Gasteiger partial charge >= 0.3 is 0 Å². The number of allylic oxidation sites excluding steroid dienone is 1. The summed E-state index contributed by atoms with van der Waals surface area (Å²) in [6.07, 6.45) is 5.19. The minimum Gasteiger partial charge on any atom is -0.370 e. The molecule has 0 radical (unpaired) electrons. The van der Waals surface area contributed by atoms with Gasteiger partial charge in [-0.1, -0.05) is 54.9 Å². The fourth-order valence-corrected chi connectivity index (χ4v) is 1.25. The summed E-state index contributed by atoms with van der Waals surface area (Å²) >= 11 is 0. The van der Waals surface area contributed by atoms with Gasteiger partial charge in [-0.25, -0.2) is 9.98 Å². The molecule has 0 bridgehead atoms. The van der Waals surface area contributed by atoms with Crippen LogP contribution in [0.15, 0.2) is 21.9 Å². The van der Waals surface area contributed by atoms with E-state index in [9.17, 15) is 0 Å². The zero-order valence-corrected chi connectivity index (χ0v) is 15.1. The number of unbranched alkanes of at least 4 members (excludes halogenated alkanes) is 1. The molecule has 3 heteroatoms. The van der Waals surface area contributed by atoms with E-state index in [-0.39, 0.29) is 0 Å². The number of nitrogens with one attached hydrogen (secondary N) is 1. The molecule has 0 saturated carbocycles. The Kier molecular flexibility index (Phi) is 24.2. The maximum Gasteiger partial charge on any atom is 0.130 e. The first kappa shape index (κ1) is 23.9. The van der Waals surface area contributed by atoms with Crippen LogP contribution in [0.1, 0.15) is 74.7 Å². The van der Waals surface area contributed by atoms with Crippen LogP contribution in [0.4, 0.5) is 0 Å². The lowest BCUT2D eigenvalue weighted by molar-refractivity contribution is 0.675. The fourth-order valence-electron chi connectivity index (χ4n) is 1.25. The summed E-state index contributed by atoms with van der Waals surface area (Å²) in [6, 6.07) is 0. The van der Waals surface area contributed by atoms with E-state index in [1.807, 2.05) is 40.7 Å². The van der Waals surface area contributed by atoms with Crippen LogP contribution in [0.25, 0.3) is 0 Å². The predicted molar refractivity (Wildman–Crippen MR) is 95.8 cm³/mol. The van der Waals surface area contributed by atoms with E-state index in [0.29, 0.717) is 5.92 Å². The predicted octanol–water partition coefficient (Wildman–Crippen LogP) is 5.44. The van der Waals surface area contributed by atoms with Gasteiger partial charge in [0.1, 0.15) is 11.7 Å². The third kappa shape index (κ3) is 16.9. The SMILES string of the molecule is C=N/C(CC(C)C)=N\C(=C/C)NCCCC.CC.CC. The second-order valence-electron chi connectivity index (χ2n) is 4.24. The van der Waals surface area contributed by atoms with Crippen molar-refractivity contribution in [1.29, 1.82) is 0 Å². The van der Waals surface area contributed by atoms with E-state index in [4.69, 9.17) is 0 Å². The zero-order valence-electron chi connectivity index (χ0n) is 15.1. The van der Waals surface area contributed by atoms with Crippen molar-refractivity contribution in [3.8, 4) is 0 Å². The summed E-state index contributed by atoms with van der Waals surface area (Å²) in [5.41, 5.74) is 0. The van der Waals surface area contributed by atoms with Crippen LogP contribution in [0.2, 0.25) is 0 Å². The molecular formula is C17H37N3. The Morgan fingerprint density at radius 2 is 1.75 bits per heavy atom. The van der Waals surface area contributed by atoms with Crippen LogP contribution in [-0.2, 0) is 0 Å². The average molecular weight is 284 g/mol. The summed E-state index contributed by atoms with van der Waals surface area (Å²) in [5.74, 6) is 2.27. The molecule has 0 aliphatic rings. The molecule has 3 nitrogen and oxygen atoms in total. The first-order valence-corrected chi connectivity index (χ1v) is 8.08. The average Bonchev–Trinajstić information content (AvgIpc) is 2.49. The summed E-state index contributed by atoms with van der Waals surface area (Å²) in [4.78, 5) is 8.43. The zero-order chi connectivity index (χ0) is 16.4. The van der Waals surface area contributed by atoms with Crippen LogP contribution < -0.4 is 5.32 Å². The quantitative estimate of drug-likeness (QED) is 0.377. The van der Waals surface area contributed by atoms with Crippen molar-refractivity contribution < 1.29 is 0 Å². The van der Waals surface area contributed by atoms with Crippen LogP contribution in [0.3, 0.4) is 0 Å². The highest BCUT2D eigenvalue weighted by Crippen LogP contribution is 2.05. The van der Waals surface area contributed by atoms with E-state index in [1.165, 1.54) is 6.42 Å². The van der Waals surface area contributed by atoms with Gasteiger partial charge in [0.05, 0.1) is 0 Å². The molecule has 0 aromatic heterocycles. The standard InChI is InChI=1S/C13H25N3.2C2H6/c1-6-8-9-15-12(7-2)16-13(14-5)10-11(3)4;2*1-2/h7,11,15H,5-6,8-10H2,1-4H3;2*1-2H3/b12-7-,16-13-;;. The monoisotopic (exact) mass is 283 g/mol. The van der Waals surface area contributed by atoms with Crippen LogP contribution in [0.5, 0.6) is 0 Å². The highest BCUT2D eigenvalue weighted by Gasteiger charge is 2.01. The van der Waals surface area contributed by atoms with Crippen molar-refractivity contribution >= 4 is 12.6 Å². The van der Waals surface area contributed by atoms with Crippen molar-refractivity contribution in [3.05, 3.63) is 11.9 Å². The molecule has 0 aliphatic heterocycles. The van der Waals surface area contributed by atoms with Crippen molar-refractivity contribution in [2.24, 2.45) is 15.9 Å². The molecule has 0 aromatic rings. The second-order valence-corrected chi connectivity index (χ2v) is 4.24. The molecule has 0 spiro atoms. The Bertz CT molecular complexity index is 253. The van der Waals surface area contributed by atoms with E-state index in [1.54, 1.807) is 0 Å². The maximum absolute atomic E-state index is 4.46. The largest absolute Gasteiger partial charge is 0.370 e. The first-order chi connectivity index (χ1) is 9.63. The van der Waals surface area contributed by atoms with Gasteiger partial charge in [0.2, 0.25) is 0 Å². The number of rotatable bonds is 7. The molecule has 0 aromatic carbocycles. The maximum atomic E-state index is 4.46. The highest BCUT2D eigenvalue weighted by atomic mass is 15.1. The molecule has 0 amide bonds. The number of hydrogen-bond acceptors (Lipinski definition) is 2. The van der Waals surface area contributed by atoms with E-state index in [0.717, 1.165) is 31.0 Å². The smallest absolute Gasteiger partial charge is 0.130 e. The Labute approximate surface area is 127 Å². The number of amidine groups is 1. The van der Waals surface area contributed by atoms with Gasteiger partial charge < -0.3 is 5.32 Å². The lowest BCUT2D eigenvalue weighted by Crippen LogP contribution is -2.14. The third-order valence-electron chi connectivity index (χ3n) is 2.13. The topological polar surface area (TPSA) is 36.8 Å². The molecule has 0 atom stereocenters. The lowest BCUT2D eigenvalue weighted by atomic mass is 10.1. The van der Waals surface area contributed by atoms with Crippen molar-refractivity contribution in [1.82, 2.24) is 5.32 Å². The van der Waals surface area contributed by atoms with E-state index >= 15 is 0 Å². The third-order valence-corrected chi connectivity index (χ3v) is 2.13. The van der Waals surface area contributed by atoms with Gasteiger partial charge in [-0.2, -0.15) is 0 Å². The van der Waals surface area contributed by atoms with Gasteiger partial charge in [-0.15, -0.1) is 0 Å². The number of aliphatic imine (C=N–C) groups is 2. The molecule has 0 unspecified atom stereocenters. The molecule has 0 aliphatic carbocycles. The Morgan fingerprint density at radius 1 is 1.20 bits per heavy atom. The summed E-state index contributed by atoms with van der Waals surface area (Å²) in [6.45, 7) is 21.0. The van der Waals surface area contributed by atoms with E-state index < -0.39 is 0 Å². The lowest BCUT2D eigenvalue weighted by Gasteiger charge is -2.08. The van der Waals surface area contributed by atoms with Crippen molar-refractivity contribution in [2.45, 2.75) is 74.7 Å². The Morgan fingerprint density at radius 3 is 2.10 bits per heavy atom. The molecule has 0 fully saturated rings. The summed E-state index contributed by atoms with van der Waals surface area (Å²) in [7, 11) is 0. The Balaban J connectivity index is -0.000000656. The second kappa shape index (κ2) is 20.2. The van der Waals surface area contributed by atoms with Crippen LogP contribution in [0, 0.1) is 5.92 Å². The molecular weight excluding hydrogens is 246 g/mol. The van der Waals surface area contributed by atoms with Crippen molar-refractivity contribution in [3.63, 3.8) is 0 Å². The minimum absolute atomic E-state index is 0.554. The van der Waals surface area contributed by atoms with Gasteiger partial charge in [0.15, 0.2) is 0 Å². The summed E-state index contributed by atoms with van der Waals surface area (Å²) in [5, 5.41) is 3.29. The first-order valence-electron chi connectivity index (χ1n) is 8.08. The normalized spacial score (nSPS) is 11.1. The van der Waals surface area contributed by atoms with Crippen molar-refractivity contribution in [2.75, 3.05) is 6.54 Å². The molecule has 20 heavy (non-hydrogen) atoms. The molecule has 0 heterocycles. The number of nitrogens with zero attached hydrogens (tertiary/aromatic N) is 2. The van der Waals surface area contributed by atoms with Gasteiger partial charge in [-0.05, 0) is 32.1 Å². The molecule has 1 N–H and O–H groups in total. The van der Waals surface area contributed by atoms with Gasteiger partial charge in [0.25, 0.3) is 0 Å². The van der Waals surface area contributed by atoms with E-state index in [2.05, 4.69) is 42.8 Å². The highest BCUT2D eigenvalue weighted by molar-refractivity contribution is 5.87. The number of hydrogen-bond donors (Lipinski definition) is 1. The minimum atomic E-state index is 0.554. The summed E-state index contributed by atoms with van der Waals surface area (Å²) < 4.78 is 0. The van der Waals surface area contributed by atoms with Gasteiger partial charge in [-0.3, -0.25) is 0 Å². The van der Waals surface area contributed by atoms with Gasteiger partial charge in [0, 0.05) is 13.0 Å². The Hall–Kier alpha value is -1.12. The molecule has 0 saturated heterocycles. The van der Waals surface area contributed by atoms with Crippen LogP contribution >= 0.6 is 0 Å².